The van der Waals surface area contributed by atoms with E-state index in [1.165, 1.54) is 0 Å². The van der Waals surface area contributed by atoms with Gasteiger partial charge in [-0.1, -0.05) is 41.9 Å². The van der Waals surface area contributed by atoms with E-state index in [-0.39, 0.29) is 12.0 Å². The summed E-state index contributed by atoms with van der Waals surface area (Å²) in [6.07, 6.45) is 0.256. The van der Waals surface area contributed by atoms with Crippen LogP contribution in [0.4, 0.5) is 5.69 Å². The number of hydrogen-bond donors (Lipinski definition) is 0. The van der Waals surface area contributed by atoms with Gasteiger partial charge in [0.25, 0.3) is 0 Å². The molecule has 1 aliphatic heterocycles. The van der Waals surface area contributed by atoms with Gasteiger partial charge in [-0.3, -0.25) is 4.79 Å². The van der Waals surface area contributed by atoms with E-state index in [2.05, 4.69) is 17.9 Å². The molecule has 1 amide bonds. The lowest BCUT2D eigenvalue weighted by Gasteiger charge is -2.37. The zero-order valence-corrected chi connectivity index (χ0v) is 15.4. The number of carbonyl (C=O) groups excluding carboxylic acids is 1. The summed E-state index contributed by atoms with van der Waals surface area (Å²) in [7, 11) is 1.82. The van der Waals surface area contributed by atoms with E-state index >= 15 is 0 Å². The summed E-state index contributed by atoms with van der Waals surface area (Å²) in [5, 5.41) is 0.629. The van der Waals surface area contributed by atoms with Gasteiger partial charge in [0.05, 0.1) is 25.2 Å². The van der Waals surface area contributed by atoms with Gasteiger partial charge >= 0.3 is 0 Å². The van der Waals surface area contributed by atoms with Gasteiger partial charge in [-0.2, -0.15) is 0 Å². The van der Waals surface area contributed by atoms with Crippen molar-refractivity contribution in [1.82, 2.24) is 4.90 Å². The molecular weight excluding hydrogens is 336 g/mol. The SMILES string of the molecule is CCN1CC(CN(C)C(=O)Cc2ccccc2Cl)Oc2ccccc21. The lowest BCUT2D eigenvalue weighted by atomic mass is 10.1. The molecule has 4 nitrogen and oxygen atoms in total. The number of anilines is 1. The van der Waals surface area contributed by atoms with Crippen molar-refractivity contribution in [1.29, 1.82) is 0 Å². The molecule has 0 bridgehead atoms. The van der Waals surface area contributed by atoms with Gasteiger partial charge in [0.15, 0.2) is 0 Å². The lowest BCUT2D eigenvalue weighted by molar-refractivity contribution is -0.130. The molecule has 1 heterocycles. The molecular formula is C20H23ClN2O2. The second-order valence-corrected chi connectivity index (χ2v) is 6.70. The number of nitrogens with zero attached hydrogens (tertiary/aromatic N) is 2. The van der Waals surface area contributed by atoms with E-state index in [1.54, 1.807) is 4.90 Å². The summed E-state index contributed by atoms with van der Waals surface area (Å²) in [6.45, 7) is 4.37. The normalized spacial score (nSPS) is 16.1. The van der Waals surface area contributed by atoms with Gasteiger partial charge in [0.2, 0.25) is 5.91 Å². The van der Waals surface area contributed by atoms with Crippen molar-refractivity contribution in [3.05, 3.63) is 59.1 Å². The van der Waals surface area contributed by atoms with Crippen molar-refractivity contribution in [2.24, 2.45) is 0 Å². The zero-order chi connectivity index (χ0) is 17.8. The molecule has 0 N–H and O–H groups in total. The Kier molecular flexibility index (Phi) is 5.49. The van der Waals surface area contributed by atoms with Gasteiger partial charge in [0, 0.05) is 18.6 Å². The Bertz CT molecular complexity index is 750. The second kappa shape index (κ2) is 7.79. The Morgan fingerprint density at radius 3 is 2.72 bits per heavy atom. The van der Waals surface area contributed by atoms with Crippen LogP contribution in [0.3, 0.4) is 0 Å². The van der Waals surface area contributed by atoms with Crippen LogP contribution < -0.4 is 9.64 Å². The molecule has 1 unspecified atom stereocenters. The molecule has 3 rings (SSSR count). The quantitative estimate of drug-likeness (QED) is 0.818. The summed E-state index contributed by atoms with van der Waals surface area (Å²) in [6, 6.07) is 15.5. The first kappa shape index (κ1) is 17.6. The molecule has 1 atom stereocenters. The number of rotatable bonds is 5. The third kappa shape index (κ3) is 4.07. The van der Waals surface area contributed by atoms with Gasteiger partial charge in [-0.15, -0.1) is 0 Å². The maximum absolute atomic E-state index is 12.5. The first-order chi connectivity index (χ1) is 12.1. The van der Waals surface area contributed by atoms with Gasteiger partial charge in [-0.25, -0.2) is 0 Å². The summed E-state index contributed by atoms with van der Waals surface area (Å²) in [5.41, 5.74) is 1.97. The smallest absolute Gasteiger partial charge is 0.226 e. The van der Waals surface area contributed by atoms with Gasteiger partial charge in [0.1, 0.15) is 11.9 Å². The van der Waals surface area contributed by atoms with E-state index in [1.807, 2.05) is 49.5 Å². The molecule has 0 aromatic heterocycles. The van der Waals surface area contributed by atoms with Crippen LogP contribution in [0.15, 0.2) is 48.5 Å². The van der Waals surface area contributed by atoms with E-state index < -0.39 is 0 Å². The molecule has 132 valence electrons. The highest BCUT2D eigenvalue weighted by atomic mass is 35.5. The number of amides is 1. The Balaban J connectivity index is 1.64. The minimum absolute atomic E-state index is 0.0404. The minimum Gasteiger partial charge on any atom is -0.485 e. The number of halogens is 1. The maximum atomic E-state index is 12.5. The fraction of sp³-hybridized carbons (Fsp3) is 0.350. The molecule has 2 aromatic rings. The number of ether oxygens (including phenoxy) is 1. The van der Waals surface area contributed by atoms with Crippen molar-refractivity contribution in [2.75, 3.05) is 31.6 Å². The summed E-state index contributed by atoms with van der Waals surface area (Å²) < 4.78 is 6.10. The number of likely N-dealkylation sites (N-methyl/N-ethyl adjacent to an activating group) is 2. The van der Waals surface area contributed by atoms with Crippen LogP contribution in [0.25, 0.3) is 0 Å². The van der Waals surface area contributed by atoms with Crippen LogP contribution in [0.5, 0.6) is 5.75 Å². The topological polar surface area (TPSA) is 32.8 Å². The van der Waals surface area contributed by atoms with Crippen LogP contribution >= 0.6 is 11.6 Å². The lowest BCUT2D eigenvalue weighted by Crippen LogP contribution is -2.47. The Labute approximate surface area is 154 Å². The van der Waals surface area contributed by atoms with Crippen LogP contribution in [0, 0.1) is 0 Å². The Morgan fingerprint density at radius 2 is 1.96 bits per heavy atom. The van der Waals surface area contributed by atoms with Crippen molar-refractivity contribution in [2.45, 2.75) is 19.4 Å². The average Bonchev–Trinajstić information content (AvgIpc) is 2.62. The van der Waals surface area contributed by atoms with Crippen molar-refractivity contribution >= 4 is 23.2 Å². The molecule has 0 saturated carbocycles. The summed E-state index contributed by atoms with van der Waals surface area (Å²) in [4.78, 5) is 16.6. The number of fused-ring (bicyclic) bond motifs is 1. The fourth-order valence-electron chi connectivity index (χ4n) is 3.12. The third-order valence-corrected chi connectivity index (χ3v) is 4.88. The zero-order valence-electron chi connectivity index (χ0n) is 14.6. The highest BCUT2D eigenvalue weighted by molar-refractivity contribution is 6.31. The van der Waals surface area contributed by atoms with Crippen LogP contribution in [0.1, 0.15) is 12.5 Å². The van der Waals surface area contributed by atoms with Crippen LogP contribution in [0.2, 0.25) is 5.02 Å². The molecule has 0 saturated heterocycles. The minimum atomic E-state index is -0.0463. The van der Waals surface area contributed by atoms with Gasteiger partial charge < -0.3 is 14.5 Å². The van der Waals surface area contributed by atoms with E-state index in [4.69, 9.17) is 16.3 Å². The summed E-state index contributed by atoms with van der Waals surface area (Å²) >= 11 is 6.16. The monoisotopic (exact) mass is 358 g/mol. The predicted octanol–water partition coefficient (Wildman–Crippen LogP) is 3.63. The predicted molar refractivity (Wildman–Crippen MR) is 102 cm³/mol. The van der Waals surface area contributed by atoms with Crippen LogP contribution in [-0.4, -0.2) is 43.6 Å². The second-order valence-electron chi connectivity index (χ2n) is 6.29. The molecule has 0 aliphatic carbocycles. The third-order valence-electron chi connectivity index (χ3n) is 4.51. The molecule has 25 heavy (non-hydrogen) atoms. The van der Waals surface area contributed by atoms with E-state index in [0.29, 0.717) is 18.0 Å². The standard InChI is InChI=1S/C20H23ClN2O2/c1-3-23-14-16(25-19-11-7-6-10-18(19)23)13-22(2)20(24)12-15-8-4-5-9-17(15)21/h4-11,16H,3,12-14H2,1-2H3. The highest BCUT2D eigenvalue weighted by Gasteiger charge is 2.26. The molecule has 0 spiro atoms. The number of para-hydroxylation sites is 2. The Morgan fingerprint density at radius 1 is 1.24 bits per heavy atom. The fourth-order valence-corrected chi connectivity index (χ4v) is 3.32. The average molecular weight is 359 g/mol. The molecule has 0 fully saturated rings. The van der Waals surface area contributed by atoms with Crippen molar-refractivity contribution < 1.29 is 9.53 Å². The number of carbonyl (C=O) groups is 1. The molecule has 1 aliphatic rings. The molecule has 0 radical (unpaired) electrons. The first-order valence-corrected chi connectivity index (χ1v) is 8.94. The largest absolute Gasteiger partial charge is 0.485 e. The Hall–Kier alpha value is -2.20. The van der Waals surface area contributed by atoms with E-state index in [9.17, 15) is 4.79 Å². The van der Waals surface area contributed by atoms with Gasteiger partial charge in [-0.05, 0) is 30.7 Å². The number of hydrogen-bond acceptors (Lipinski definition) is 3. The van der Waals surface area contributed by atoms with Crippen molar-refractivity contribution in [3.63, 3.8) is 0 Å². The summed E-state index contributed by atoms with van der Waals surface area (Å²) in [5.74, 6) is 0.922. The van der Waals surface area contributed by atoms with E-state index in [0.717, 1.165) is 30.1 Å². The highest BCUT2D eigenvalue weighted by Crippen LogP contribution is 2.32. The molecule has 2 aromatic carbocycles. The maximum Gasteiger partial charge on any atom is 0.226 e. The number of benzene rings is 2. The molecule has 5 heteroatoms. The van der Waals surface area contributed by atoms with Crippen LogP contribution in [-0.2, 0) is 11.2 Å². The first-order valence-electron chi connectivity index (χ1n) is 8.56. The van der Waals surface area contributed by atoms with Crippen molar-refractivity contribution in [3.8, 4) is 5.75 Å².